The highest BCUT2D eigenvalue weighted by Gasteiger charge is 2.47. The summed E-state index contributed by atoms with van der Waals surface area (Å²) in [4.78, 5) is 24.2. The lowest BCUT2D eigenvalue weighted by Gasteiger charge is -2.25. The fourth-order valence-electron chi connectivity index (χ4n) is 3.67. The largest absolute Gasteiger partial charge is 0.462 e. The second-order valence-corrected chi connectivity index (χ2v) is 10.8. The molecule has 6 atom stereocenters. The van der Waals surface area contributed by atoms with E-state index in [2.05, 4.69) is 20.0 Å². The van der Waals surface area contributed by atoms with Crippen LogP contribution in [0.5, 0.6) is 5.75 Å². The van der Waals surface area contributed by atoms with Crippen LogP contribution in [0.25, 0.3) is 11.2 Å². The molecule has 4 N–H and O–H groups in total. The van der Waals surface area contributed by atoms with Crippen LogP contribution in [0.3, 0.4) is 0 Å². The number of imidazole rings is 1. The molecule has 1 aromatic carbocycles. The first kappa shape index (κ1) is 28.1. The molecule has 0 bridgehead atoms. The Bertz CT molecular complexity index is 1330. The number of alkyl halides is 1. The van der Waals surface area contributed by atoms with E-state index in [-0.39, 0.29) is 28.0 Å². The summed E-state index contributed by atoms with van der Waals surface area (Å²) < 4.78 is 51.9. The van der Waals surface area contributed by atoms with Gasteiger partial charge in [0.1, 0.15) is 29.5 Å². The minimum Gasteiger partial charge on any atom is -0.462 e. The number of rotatable bonds is 10. The van der Waals surface area contributed by atoms with Crippen LogP contribution in [-0.4, -0.2) is 67.7 Å². The number of hydrogen-bond acceptors (Lipinski definition) is 11. The van der Waals surface area contributed by atoms with Crippen molar-refractivity contribution in [2.75, 3.05) is 12.3 Å². The predicted molar refractivity (Wildman–Crippen MR) is 134 cm³/mol. The molecule has 4 rings (SSSR count). The van der Waals surface area contributed by atoms with Gasteiger partial charge in [-0.1, -0.05) is 18.2 Å². The molecule has 1 fully saturated rings. The molecular formula is C22H27ClFN6O7P. The van der Waals surface area contributed by atoms with Crippen molar-refractivity contribution < 1.29 is 37.4 Å². The minimum atomic E-state index is -4.26. The molecule has 3 heterocycles. The number of anilines is 1. The van der Waals surface area contributed by atoms with Crippen LogP contribution < -0.4 is 15.3 Å². The zero-order chi connectivity index (χ0) is 27.6. The van der Waals surface area contributed by atoms with Gasteiger partial charge in [-0.3, -0.25) is 13.9 Å². The first-order valence-corrected chi connectivity index (χ1v) is 13.5. The molecule has 1 saturated heterocycles. The molecule has 1 aliphatic heterocycles. The highest BCUT2D eigenvalue weighted by molar-refractivity contribution is 7.52. The summed E-state index contributed by atoms with van der Waals surface area (Å²) in [5.41, 5.74) is 6.08. The Morgan fingerprint density at radius 2 is 2.03 bits per heavy atom. The van der Waals surface area contributed by atoms with Gasteiger partial charge in [-0.25, -0.2) is 13.9 Å². The van der Waals surface area contributed by atoms with E-state index in [1.54, 1.807) is 32.0 Å². The van der Waals surface area contributed by atoms with E-state index < -0.39 is 57.1 Å². The second kappa shape index (κ2) is 11.5. The first-order valence-electron chi connectivity index (χ1n) is 11.6. The number of esters is 1. The van der Waals surface area contributed by atoms with E-state index in [1.165, 1.54) is 30.0 Å². The first-order chi connectivity index (χ1) is 18.0. The maximum atomic E-state index is 15.2. The Morgan fingerprint density at radius 3 is 2.71 bits per heavy atom. The number of aliphatic hydroxyl groups excluding tert-OH is 1. The normalized spacial score (nSPS) is 23.9. The molecule has 3 aromatic rings. The van der Waals surface area contributed by atoms with Crippen molar-refractivity contribution in [1.82, 2.24) is 24.6 Å². The van der Waals surface area contributed by atoms with Crippen molar-refractivity contribution in [3.05, 3.63) is 41.9 Å². The van der Waals surface area contributed by atoms with Crippen molar-refractivity contribution in [3.8, 4) is 5.75 Å². The van der Waals surface area contributed by atoms with E-state index in [9.17, 15) is 14.5 Å². The van der Waals surface area contributed by atoms with Crippen molar-refractivity contribution in [2.45, 2.75) is 57.5 Å². The molecule has 1 unspecified atom stereocenters. The van der Waals surface area contributed by atoms with Gasteiger partial charge in [-0.05, 0) is 44.5 Å². The summed E-state index contributed by atoms with van der Waals surface area (Å²) in [7, 11) is -4.26. The smallest absolute Gasteiger partial charge is 0.459 e. The van der Waals surface area contributed by atoms with E-state index in [4.69, 9.17) is 35.9 Å². The summed E-state index contributed by atoms with van der Waals surface area (Å²) in [6.07, 6.45) is -5.46. The molecule has 2 aromatic heterocycles. The molecular weight excluding hydrogens is 546 g/mol. The van der Waals surface area contributed by atoms with E-state index in [0.717, 1.165) is 0 Å². The molecule has 13 nitrogen and oxygen atoms in total. The molecule has 206 valence electrons. The molecule has 38 heavy (non-hydrogen) atoms. The van der Waals surface area contributed by atoms with Crippen LogP contribution >= 0.6 is 19.3 Å². The standard InChI is InChI=1S/C22H27ClFN6O7P/c1-11(2)35-21(32)12(3)29-38(33,37-13-7-5-4-6-8-13)34-9-14-17(31)15(24)20(36-14)30-10-26-16-18(25)27-22(23)28-19(16)30/h4-8,10-12,14-15,17,20,31H,9H2,1-3H3,(H,29,33)(H2,25,27,28)/t12-,14-,15+,17-,20-,38?/m1/s1. The monoisotopic (exact) mass is 572 g/mol. The SMILES string of the molecule is CC(C)OC(=O)[C@@H](C)NP(=O)(OC[C@H]1O[C@@H](n2cnc3c(N)nc(Cl)nc32)[C@@H](F)[C@@H]1O)Oc1ccccc1. The molecule has 0 aliphatic carbocycles. The number of hydrogen-bond donors (Lipinski definition) is 3. The van der Waals surface area contributed by atoms with E-state index >= 15 is 4.39 Å². The highest BCUT2D eigenvalue weighted by atomic mass is 35.5. The predicted octanol–water partition coefficient (Wildman–Crippen LogP) is 2.79. The number of benzene rings is 1. The third-order valence-electron chi connectivity index (χ3n) is 5.42. The van der Waals surface area contributed by atoms with Crippen molar-refractivity contribution in [2.24, 2.45) is 0 Å². The Morgan fingerprint density at radius 1 is 1.32 bits per heavy atom. The van der Waals surface area contributed by atoms with Crippen molar-refractivity contribution in [1.29, 1.82) is 0 Å². The summed E-state index contributed by atoms with van der Waals surface area (Å²) in [5.74, 6) is -0.517. The summed E-state index contributed by atoms with van der Waals surface area (Å²) >= 11 is 5.88. The highest BCUT2D eigenvalue weighted by Crippen LogP contribution is 2.46. The molecule has 0 amide bonds. The average Bonchev–Trinajstić information content (AvgIpc) is 3.39. The fourth-order valence-corrected chi connectivity index (χ4v) is 5.34. The molecule has 16 heteroatoms. The van der Waals surface area contributed by atoms with Gasteiger partial charge in [-0.2, -0.15) is 15.1 Å². The summed E-state index contributed by atoms with van der Waals surface area (Å²) in [5, 5.41) is 12.9. The summed E-state index contributed by atoms with van der Waals surface area (Å²) in [6, 6.07) is 7.00. The Kier molecular flexibility index (Phi) is 8.50. The lowest BCUT2D eigenvalue weighted by atomic mass is 10.1. The van der Waals surface area contributed by atoms with E-state index in [1.807, 2.05) is 0 Å². The number of aliphatic hydroxyl groups is 1. The molecule has 0 radical (unpaired) electrons. The van der Waals surface area contributed by atoms with Crippen molar-refractivity contribution in [3.63, 3.8) is 0 Å². The van der Waals surface area contributed by atoms with Gasteiger partial charge in [0, 0.05) is 0 Å². The van der Waals surface area contributed by atoms with Gasteiger partial charge in [0.05, 0.1) is 19.0 Å². The minimum absolute atomic E-state index is 0.0113. The van der Waals surface area contributed by atoms with Crippen LogP contribution in [0.15, 0.2) is 36.7 Å². The number of nitrogens with one attached hydrogen (secondary N) is 1. The lowest BCUT2D eigenvalue weighted by molar-refractivity contribution is -0.149. The van der Waals surface area contributed by atoms with Crippen LogP contribution in [0.1, 0.15) is 27.0 Å². The number of nitrogens with two attached hydrogens (primary N) is 1. The van der Waals surface area contributed by atoms with Gasteiger partial charge in [-0.15, -0.1) is 0 Å². The number of para-hydroxylation sites is 1. The zero-order valence-corrected chi connectivity index (χ0v) is 22.3. The molecule has 0 spiro atoms. The van der Waals surface area contributed by atoms with Gasteiger partial charge in [0.2, 0.25) is 5.28 Å². The quantitative estimate of drug-likeness (QED) is 0.184. The van der Waals surface area contributed by atoms with Crippen LogP contribution in [0, 0.1) is 0 Å². The average molecular weight is 573 g/mol. The number of ether oxygens (including phenoxy) is 2. The Labute approximate surface area is 222 Å². The molecule has 0 saturated carbocycles. The van der Waals surface area contributed by atoms with Gasteiger partial charge in [0.25, 0.3) is 0 Å². The van der Waals surface area contributed by atoms with Crippen LogP contribution in [-0.2, 0) is 23.4 Å². The summed E-state index contributed by atoms with van der Waals surface area (Å²) in [6.45, 7) is 4.20. The third-order valence-corrected chi connectivity index (χ3v) is 7.24. The number of nitrogen functional groups attached to an aromatic ring is 1. The van der Waals surface area contributed by atoms with Gasteiger partial charge >= 0.3 is 13.7 Å². The zero-order valence-electron chi connectivity index (χ0n) is 20.6. The number of carbonyl (C=O) groups is 1. The Balaban J connectivity index is 1.51. The van der Waals surface area contributed by atoms with Gasteiger partial charge < -0.3 is 24.8 Å². The van der Waals surface area contributed by atoms with Crippen LogP contribution in [0.2, 0.25) is 5.28 Å². The van der Waals surface area contributed by atoms with Crippen molar-refractivity contribution >= 4 is 42.3 Å². The number of fused-ring (bicyclic) bond motifs is 1. The number of aromatic nitrogens is 4. The van der Waals surface area contributed by atoms with Gasteiger partial charge in [0.15, 0.2) is 23.9 Å². The number of halogens is 2. The number of nitrogens with zero attached hydrogens (tertiary/aromatic N) is 4. The molecule has 1 aliphatic rings. The Hall–Kier alpha value is -2.87. The number of carbonyl (C=O) groups excluding carboxylic acids is 1. The topological polar surface area (TPSA) is 173 Å². The second-order valence-electron chi connectivity index (χ2n) is 8.74. The maximum absolute atomic E-state index is 15.2. The van der Waals surface area contributed by atoms with E-state index in [0.29, 0.717) is 0 Å². The maximum Gasteiger partial charge on any atom is 0.459 e. The third kappa shape index (κ3) is 6.22. The fraction of sp³-hybridized carbons (Fsp3) is 0.455. The van der Waals surface area contributed by atoms with Crippen LogP contribution in [0.4, 0.5) is 10.2 Å². The lowest BCUT2D eigenvalue weighted by Crippen LogP contribution is -2.37.